The summed E-state index contributed by atoms with van der Waals surface area (Å²) in [5, 5.41) is 2.66. The Kier molecular flexibility index (Phi) is 8.68. The van der Waals surface area contributed by atoms with E-state index in [2.05, 4.69) is 12.2 Å². The first kappa shape index (κ1) is 19.8. The average Bonchev–Trinajstić information content (AvgIpc) is 2.53. The summed E-state index contributed by atoms with van der Waals surface area (Å²) in [6.45, 7) is 8.36. The number of hydrogen-bond donors (Lipinski definition) is 1. The summed E-state index contributed by atoms with van der Waals surface area (Å²) in [4.78, 5) is 23.6. The van der Waals surface area contributed by atoms with Crippen LogP contribution in [0.1, 0.15) is 50.9 Å². The predicted octanol–water partition coefficient (Wildman–Crippen LogP) is 2.95. The highest BCUT2D eigenvalue weighted by atomic mass is 16.5. The zero-order chi connectivity index (χ0) is 17.9. The molecule has 1 rings (SSSR count). The summed E-state index contributed by atoms with van der Waals surface area (Å²) in [5.41, 5.74) is 0.318. The fourth-order valence-corrected chi connectivity index (χ4v) is 1.93. The lowest BCUT2D eigenvalue weighted by molar-refractivity contribution is -0.124. The SMILES string of the molecule is CCCCOc1ccc(C(=O)OCC(=O)NC(C)C)cc1OCC. The van der Waals surface area contributed by atoms with Crippen molar-refractivity contribution in [2.75, 3.05) is 19.8 Å². The quantitative estimate of drug-likeness (QED) is 0.525. The third-order valence-corrected chi connectivity index (χ3v) is 3.02. The Hall–Kier alpha value is -2.24. The molecule has 0 aromatic heterocycles. The van der Waals surface area contributed by atoms with Gasteiger partial charge in [0, 0.05) is 6.04 Å². The Bertz CT molecular complexity index is 542. The maximum atomic E-state index is 12.1. The van der Waals surface area contributed by atoms with Crippen molar-refractivity contribution in [3.63, 3.8) is 0 Å². The van der Waals surface area contributed by atoms with Crippen LogP contribution < -0.4 is 14.8 Å². The van der Waals surface area contributed by atoms with Crippen LogP contribution in [0.25, 0.3) is 0 Å². The average molecular weight is 337 g/mol. The molecule has 0 radical (unpaired) electrons. The first-order valence-electron chi connectivity index (χ1n) is 8.34. The first-order valence-corrected chi connectivity index (χ1v) is 8.34. The number of carbonyl (C=O) groups is 2. The van der Waals surface area contributed by atoms with Crippen molar-refractivity contribution in [2.24, 2.45) is 0 Å². The maximum absolute atomic E-state index is 12.1. The molecule has 24 heavy (non-hydrogen) atoms. The monoisotopic (exact) mass is 337 g/mol. The van der Waals surface area contributed by atoms with E-state index in [-0.39, 0.29) is 18.6 Å². The van der Waals surface area contributed by atoms with E-state index in [1.165, 1.54) is 0 Å². The number of amides is 1. The van der Waals surface area contributed by atoms with Crippen molar-refractivity contribution < 1.29 is 23.8 Å². The number of ether oxygens (including phenoxy) is 3. The summed E-state index contributed by atoms with van der Waals surface area (Å²) in [6, 6.07) is 4.87. The van der Waals surface area contributed by atoms with Gasteiger partial charge in [0.25, 0.3) is 5.91 Å². The van der Waals surface area contributed by atoms with Crippen molar-refractivity contribution in [3.05, 3.63) is 23.8 Å². The summed E-state index contributed by atoms with van der Waals surface area (Å²) >= 11 is 0. The first-order chi connectivity index (χ1) is 11.5. The Morgan fingerprint density at radius 3 is 2.50 bits per heavy atom. The number of carbonyl (C=O) groups excluding carboxylic acids is 2. The lowest BCUT2D eigenvalue weighted by Crippen LogP contribution is -2.33. The van der Waals surface area contributed by atoms with E-state index in [1.54, 1.807) is 18.2 Å². The van der Waals surface area contributed by atoms with Crippen LogP contribution in [-0.4, -0.2) is 37.7 Å². The molecule has 0 saturated heterocycles. The summed E-state index contributed by atoms with van der Waals surface area (Å²) in [5.74, 6) is 0.187. The van der Waals surface area contributed by atoms with Crippen LogP contribution in [0, 0.1) is 0 Å². The third-order valence-electron chi connectivity index (χ3n) is 3.02. The smallest absolute Gasteiger partial charge is 0.338 e. The number of rotatable bonds is 10. The van der Waals surface area contributed by atoms with Gasteiger partial charge in [0.2, 0.25) is 0 Å². The van der Waals surface area contributed by atoms with Gasteiger partial charge in [0.05, 0.1) is 18.8 Å². The fraction of sp³-hybridized carbons (Fsp3) is 0.556. The molecule has 1 aromatic rings. The van der Waals surface area contributed by atoms with Gasteiger partial charge in [-0.05, 0) is 45.4 Å². The molecule has 0 bridgehead atoms. The highest BCUT2D eigenvalue weighted by Gasteiger charge is 2.14. The largest absolute Gasteiger partial charge is 0.490 e. The van der Waals surface area contributed by atoms with E-state index in [0.717, 1.165) is 12.8 Å². The van der Waals surface area contributed by atoms with Crippen molar-refractivity contribution in [3.8, 4) is 11.5 Å². The molecule has 1 aromatic carbocycles. The molecule has 0 heterocycles. The van der Waals surface area contributed by atoms with Gasteiger partial charge in [-0.2, -0.15) is 0 Å². The molecular weight excluding hydrogens is 310 g/mol. The Balaban J connectivity index is 2.71. The van der Waals surface area contributed by atoms with Crippen molar-refractivity contribution in [1.82, 2.24) is 5.32 Å². The van der Waals surface area contributed by atoms with Gasteiger partial charge in [0.15, 0.2) is 18.1 Å². The number of nitrogens with one attached hydrogen (secondary N) is 1. The molecule has 6 nitrogen and oxygen atoms in total. The molecule has 134 valence electrons. The lowest BCUT2D eigenvalue weighted by Gasteiger charge is -2.13. The van der Waals surface area contributed by atoms with Crippen LogP contribution in [-0.2, 0) is 9.53 Å². The van der Waals surface area contributed by atoms with Gasteiger partial charge in [-0.25, -0.2) is 4.79 Å². The van der Waals surface area contributed by atoms with E-state index in [0.29, 0.717) is 30.3 Å². The molecular formula is C18H27NO5. The fourth-order valence-electron chi connectivity index (χ4n) is 1.93. The maximum Gasteiger partial charge on any atom is 0.338 e. The predicted molar refractivity (Wildman–Crippen MR) is 91.6 cm³/mol. The summed E-state index contributed by atoms with van der Waals surface area (Å²) in [7, 11) is 0. The third kappa shape index (κ3) is 6.89. The van der Waals surface area contributed by atoms with Crippen LogP contribution in [0.2, 0.25) is 0 Å². The van der Waals surface area contributed by atoms with E-state index >= 15 is 0 Å². The molecule has 0 aliphatic rings. The van der Waals surface area contributed by atoms with E-state index in [1.807, 2.05) is 20.8 Å². The van der Waals surface area contributed by atoms with Crippen molar-refractivity contribution >= 4 is 11.9 Å². The number of benzene rings is 1. The van der Waals surface area contributed by atoms with Crippen molar-refractivity contribution in [1.29, 1.82) is 0 Å². The summed E-state index contributed by atoms with van der Waals surface area (Å²) < 4.78 is 16.2. The van der Waals surface area contributed by atoms with Crippen LogP contribution >= 0.6 is 0 Å². The Morgan fingerprint density at radius 2 is 1.88 bits per heavy atom. The Morgan fingerprint density at radius 1 is 1.12 bits per heavy atom. The summed E-state index contributed by atoms with van der Waals surface area (Å²) in [6.07, 6.45) is 1.98. The van der Waals surface area contributed by atoms with Crippen LogP contribution in [0.4, 0.5) is 0 Å². The van der Waals surface area contributed by atoms with E-state index in [4.69, 9.17) is 14.2 Å². The Labute approximate surface area is 143 Å². The molecule has 0 spiro atoms. The van der Waals surface area contributed by atoms with E-state index in [9.17, 15) is 9.59 Å². The highest BCUT2D eigenvalue weighted by molar-refractivity contribution is 5.92. The zero-order valence-corrected chi connectivity index (χ0v) is 14.9. The highest BCUT2D eigenvalue weighted by Crippen LogP contribution is 2.29. The van der Waals surface area contributed by atoms with Gasteiger partial charge in [-0.15, -0.1) is 0 Å². The van der Waals surface area contributed by atoms with Gasteiger partial charge in [-0.3, -0.25) is 4.79 Å². The zero-order valence-electron chi connectivity index (χ0n) is 14.9. The van der Waals surface area contributed by atoms with Gasteiger partial charge in [-0.1, -0.05) is 13.3 Å². The lowest BCUT2D eigenvalue weighted by atomic mass is 10.2. The second kappa shape index (κ2) is 10.5. The second-order valence-corrected chi connectivity index (χ2v) is 5.59. The van der Waals surface area contributed by atoms with E-state index < -0.39 is 5.97 Å². The number of hydrogen-bond acceptors (Lipinski definition) is 5. The molecule has 0 unspecified atom stereocenters. The number of unbranched alkanes of at least 4 members (excludes halogenated alkanes) is 1. The second-order valence-electron chi connectivity index (χ2n) is 5.59. The van der Waals surface area contributed by atoms with Crippen LogP contribution in [0.5, 0.6) is 11.5 Å². The molecule has 1 N–H and O–H groups in total. The van der Waals surface area contributed by atoms with Crippen LogP contribution in [0.15, 0.2) is 18.2 Å². The molecule has 6 heteroatoms. The molecule has 0 aliphatic carbocycles. The van der Waals surface area contributed by atoms with Crippen molar-refractivity contribution in [2.45, 2.75) is 46.6 Å². The molecule has 0 saturated carbocycles. The van der Waals surface area contributed by atoms with Gasteiger partial charge in [0.1, 0.15) is 0 Å². The minimum absolute atomic E-state index is 0.000289. The molecule has 0 aliphatic heterocycles. The van der Waals surface area contributed by atoms with Crippen LogP contribution in [0.3, 0.4) is 0 Å². The standard InChI is InChI=1S/C18H27NO5/c1-5-7-10-23-15-9-8-14(11-16(15)22-6-2)18(21)24-12-17(20)19-13(3)4/h8-9,11,13H,5-7,10,12H2,1-4H3,(H,19,20). The van der Waals surface area contributed by atoms with Gasteiger partial charge >= 0.3 is 5.97 Å². The molecule has 0 fully saturated rings. The molecule has 0 atom stereocenters. The minimum atomic E-state index is -0.574. The van der Waals surface area contributed by atoms with Gasteiger partial charge < -0.3 is 19.5 Å². The minimum Gasteiger partial charge on any atom is -0.490 e. The number of esters is 1. The normalized spacial score (nSPS) is 10.4. The molecule has 1 amide bonds. The topological polar surface area (TPSA) is 73.9 Å².